The molecule has 8 heteroatoms. The molecule has 152 valence electrons. The van der Waals surface area contributed by atoms with Crippen LogP contribution in [0.1, 0.15) is 35.2 Å². The molecule has 1 N–H and O–H groups in total. The fourth-order valence-electron chi connectivity index (χ4n) is 3.03. The zero-order valence-electron chi connectivity index (χ0n) is 16.5. The number of aryl methyl sites for hydroxylation is 3. The molecule has 0 saturated carbocycles. The van der Waals surface area contributed by atoms with E-state index in [4.69, 9.17) is 23.2 Å². The average molecular weight is 443 g/mol. The molecule has 0 fully saturated rings. The van der Waals surface area contributed by atoms with Crippen LogP contribution in [0, 0.1) is 20.8 Å². The highest BCUT2D eigenvalue weighted by atomic mass is 35.5. The Labute approximate surface area is 176 Å². The van der Waals surface area contributed by atoms with E-state index in [0.717, 1.165) is 27.3 Å². The van der Waals surface area contributed by atoms with Gasteiger partial charge in [-0.15, -0.1) is 0 Å². The van der Waals surface area contributed by atoms with Crippen LogP contribution in [0.4, 0.5) is 5.69 Å². The molecule has 28 heavy (non-hydrogen) atoms. The normalized spacial score (nSPS) is 12.5. The number of hydrogen-bond acceptors (Lipinski definition) is 3. The van der Waals surface area contributed by atoms with E-state index in [0.29, 0.717) is 0 Å². The Kier molecular flexibility index (Phi) is 7.02. The number of carbonyl (C=O) groups is 1. The van der Waals surface area contributed by atoms with Crippen LogP contribution in [0.2, 0.25) is 10.0 Å². The first-order chi connectivity index (χ1) is 12.9. The monoisotopic (exact) mass is 442 g/mol. The van der Waals surface area contributed by atoms with Gasteiger partial charge in [0.15, 0.2) is 0 Å². The highest BCUT2D eigenvalue weighted by molar-refractivity contribution is 7.92. The van der Waals surface area contributed by atoms with Gasteiger partial charge >= 0.3 is 0 Å². The van der Waals surface area contributed by atoms with E-state index in [2.05, 4.69) is 11.4 Å². The van der Waals surface area contributed by atoms with Crippen molar-refractivity contribution in [2.24, 2.45) is 0 Å². The Morgan fingerprint density at radius 3 is 2.07 bits per heavy atom. The number of hydrogen-bond donors (Lipinski definition) is 1. The SMILES string of the molecule is Cc1cc(C)c([C@@H](C)NC(=O)CN(c2cc(Cl)cc(Cl)c2)S(C)(=O)=O)cc1C. The van der Waals surface area contributed by atoms with Crippen molar-refractivity contribution in [1.82, 2.24) is 5.32 Å². The van der Waals surface area contributed by atoms with Crippen LogP contribution in [0.25, 0.3) is 0 Å². The summed E-state index contributed by atoms with van der Waals surface area (Å²) in [6.45, 7) is 7.54. The minimum absolute atomic E-state index is 0.241. The molecule has 0 saturated heterocycles. The van der Waals surface area contributed by atoms with Gasteiger partial charge < -0.3 is 5.32 Å². The molecule has 1 atom stereocenters. The van der Waals surface area contributed by atoms with Gasteiger partial charge in [-0.2, -0.15) is 0 Å². The standard InChI is InChI=1S/C20H24Cl2N2O3S/c1-12-6-14(3)19(7-13(12)2)15(4)23-20(25)11-24(28(5,26)27)18-9-16(21)8-17(22)10-18/h6-10,15H,11H2,1-5H3,(H,23,25)/t15-/m1/s1. The van der Waals surface area contributed by atoms with Gasteiger partial charge in [-0.05, 0) is 68.1 Å². The number of amides is 1. The third-order valence-corrected chi connectivity index (χ3v) is 6.13. The molecule has 2 rings (SSSR count). The van der Waals surface area contributed by atoms with Crippen LogP contribution in [0.5, 0.6) is 0 Å². The van der Waals surface area contributed by atoms with Gasteiger partial charge in [0.05, 0.1) is 18.0 Å². The molecule has 5 nitrogen and oxygen atoms in total. The van der Waals surface area contributed by atoms with Crippen molar-refractivity contribution in [3.63, 3.8) is 0 Å². The molecular formula is C20H24Cl2N2O3S. The number of benzene rings is 2. The predicted molar refractivity (Wildman–Crippen MR) is 116 cm³/mol. The maximum absolute atomic E-state index is 12.6. The lowest BCUT2D eigenvalue weighted by atomic mass is 9.96. The highest BCUT2D eigenvalue weighted by Crippen LogP contribution is 2.27. The van der Waals surface area contributed by atoms with Crippen LogP contribution >= 0.6 is 23.2 Å². The third-order valence-electron chi connectivity index (χ3n) is 4.55. The highest BCUT2D eigenvalue weighted by Gasteiger charge is 2.23. The Hall–Kier alpha value is -1.76. The first-order valence-electron chi connectivity index (χ1n) is 8.69. The van der Waals surface area contributed by atoms with Gasteiger partial charge in [0, 0.05) is 10.0 Å². The zero-order chi connectivity index (χ0) is 21.2. The van der Waals surface area contributed by atoms with Crippen molar-refractivity contribution in [3.8, 4) is 0 Å². The van der Waals surface area contributed by atoms with Crippen LogP contribution < -0.4 is 9.62 Å². The summed E-state index contributed by atoms with van der Waals surface area (Å²) < 4.78 is 25.5. The van der Waals surface area contributed by atoms with E-state index in [9.17, 15) is 13.2 Å². The van der Waals surface area contributed by atoms with Crippen molar-refractivity contribution >= 4 is 44.8 Å². The zero-order valence-corrected chi connectivity index (χ0v) is 18.8. The van der Waals surface area contributed by atoms with E-state index in [-0.39, 0.29) is 28.3 Å². The topological polar surface area (TPSA) is 66.5 Å². The summed E-state index contributed by atoms with van der Waals surface area (Å²) in [6.07, 6.45) is 1.03. The Bertz CT molecular complexity index is 987. The molecular weight excluding hydrogens is 419 g/mol. The van der Waals surface area contributed by atoms with Gasteiger partial charge in [0.1, 0.15) is 6.54 Å². The molecule has 2 aromatic rings. The van der Waals surface area contributed by atoms with Crippen molar-refractivity contribution < 1.29 is 13.2 Å². The quantitative estimate of drug-likeness (QED) is 0.712. The number of carbonyl (C=O) groups excluding carboxylic acids is 1. The van der Waals surface area contributed by atoms with E-state index in [1.807, 2.05) is 33.8 Å². The summed E-state index contributed by atoms with van der Waals surface area (Å²) in [4.78, 5) is 12.6. The first kappa shape index (κ1) is 22.5. The number of rotatable bonds is 6. The van der Waals surface area contributed by atoms with Gasteiger partial charge in [-0.25, -0.2) is 8.42 Å². The van der Waals surface area contributed by atoms with Crippen molar-refractivity contribution in [2.75, 3.05) is 17.1 Å². The minimum atomic E-state index is -3.71. The fraction of sp³-hybridized carbons (Fsp3) is 0.350. The average Bonchev–Trinajstić information content (AvgIpc) is 2.53. The maximum Gasteiger partial charge on any atom is 0.241 e. The summed E-state index contributed by atoms with van der Waals surface area (Å²) in [7, 11) is -3.71. The lowest BCUT2D eigenvalue weighted by Crippen LogP contribution is -2.41. The molecule has 1 amide bonds. The van der Waals surface area contributed by atoms with E-state index < -0.39 is 15.9 Å². The largest absolute Gasteiger partial charge is 0.348 e. The summed E-state index contributed by atoms with van der Waals surface area (Å²) in [5, 5.41) is 3.45. The molecule has 0 heterocycles. The maximum atomic E-state index is 12.6. The third kappa shape index (κ3) is 5.63. The molecule has 2 aromatic carbocycles. The van der Waals surface area contributed by atoms with E-state index in [1.165, 1.54) is 23.8 Å². The van der Waals surface area contributed by atoms with Crippen molar-refractivity contribution in [2.45, 2.75) is 33.7 Å². The summed E-state index contributed by atoms with van der Waals surface area (Å²) >= 11 is 12.0. The lowest BCUT2D eigenvalue weighted by Gasteiger charge is -2.24. The van der Waals surface area contributed by atoms with Gasteiger partial charge in [-0.1, -0.05) is 35.3 Å². The van der Waals surface area contributed by atoms with Gasteiger partial charge in [-0.3, -0.25) is 9.10 Å². The molecule has 0 aromatic heterocycles. The van der Waals surface area contributed by atoms with Gasteiger partial charge in [0.2, 0.25) is 15.9 Å². The van der Waals surface area contributed by atoms with Gasteiger partial charge in [0.25, 0.3) is 0 Å². The molecule has 0 spiro atoms. The van der Waals surface area contributed by atoms with Crippen molar-refractivity contribution in [1.29, 1.82) is 0 Å². The second-order valence-electron chi connectivity index (χ2n) is 6.98. The smallest absolute Gasteiger partial charge is 0.241 e. The number of anilines is 1. The minimum Gasteiger partial charge on any atom is -0.348 e. The van der Waals surface area contributed by atoms with Crippen LogP contribution in [0.3, 0.4) is 0 Å². The molecule has 0 radical (unpaired) electrons. The number of nitrogens with zero attached hydrogens (tertiary/aromatic N) is 1. The Morgan fingerprint density at radius 2 is 1.54 bits per heavy atom. The summed E-state index contributed by atoms with van der Waals surface area (Å²) in [5.41, 5.74) is 4.62. The number of nitrogens with one attached hydrogen (secondary N) is 1. The molecule has 0 unspecified atom stereocenters. The first-order valence-corrected chi connectivity index (χ1v) is 11.3. The molecule has 0 bridgehead atoms. The van der Waals surface area contributed by atoms with E-state index in [1.54, 1.807) is 0 Å². The summed E-state index contributed by atoms with van der Waals surface area (Å²) in [6, 6.07) is 8.26. The molecule has 0 aliphatic carbocycles. The fourth-order valence-corrected chi connectivity index (χ4v) is 4.38. The lowest BCUT2D eigenvalue weighted by molar-refractivity contribution is -0.120. The van der Waals surface area contributed by atoms with E-state index >= 15 is 0 Å². The second-order valence-corrected chi connectivity index (χ2v) is 9.76. The van der Waals surface area contributed by atoms with Crippen LogP contribution in [-0.4, -0.2) is 27.1 Å². The predicted octanol–water partition coefficient (Wildman–Crippen LogP) is 4.56. The molecule has 0 aliphatic heterocycles. The molecule has 0 aliphatic rings. The summed E-state index contributed by atoms with van der Waals surface area (Å²) in [5.74, 6) is -0.424. The number of halogens is 2. The Balaban J connectivity index is 2.24. The number of sulfonamides is 1. The van der Waals surface area contributed by atoms with Crippen LogP contribution in [0.15, 0.2) is 30.3 Å². The van der Waals surface area contributed by atoms with Crippen LogP contribution in [-0.2, 0) is 14.8 Å². The van der Waals surface area contributed by atoms with Crippen molar-refractivity contribution in [3.05, 3.63) is 62.6 Å². The second kappa shape index (κ2) is 8.72. The Morgan fingerprint density at radius 1 is 1.00 bits per heavy atom.